The summed E-state index contributed by atoms with van der Waals surface area (Å²) in [5.74, 6) is -0.552. The van der Waals surface area contributed by atoms with Gasteiger partial charge in [-0.3, -0.25) is 4.79 Å². The molecule has 0 heterocycles. The van der Waals surface area contributed by atoms with Crippen molar-refractivity contribution in [3.05, 3.63) is 72.3 Å². The normalized spacial score (nSPS) is 12.8. The first-order chi connectivity index (χ1) is 13.7. The van der Waals surface area contributed by atoms with Crippen molar-refractivity contribution in [2.75, 3.05) is 0 Å². The summed E-state index contributed by atoms with van der Waals surface area (Å²) < 4.78 is 34.1. The maximum absolute atomic E-state index is 13.0. The molecule has 0 spiro atoms. The Morgan fingerprint density at radius 2 is 1.72 bits per heavy atom. The van der Waals surface area contributed by atoms with Gasteiger partial charge in [0.2, 0.25) is 10.0 Å². The average Bonchev–Trinajstić information content (AvgIpc) is 2.66. The van der Waals surface area contributed by atoms with E-state index in [1.807, 2.05) is 38.1 Å². The average molecular weight is 413 g/mol. The molecule has 0 bridgehead atoms. The van der Waals surface area contributed by atoms with Gasteiger partial charge in [-0.15, -0.1) is 0 Å². The molecule has 0 fully saturated rings. The van der Waals surface area contributed by atoms with Gasteiger partial charge in [-0.2, -0.15) is 0 Å². The number of nitrogens with one attached hydrogen (secondary N) is 1. The van der Waals surface area contributed by atoms with E-state index in [1.54, 1.807) is 36.4 Å². The van der Waals surface area contributed by atoms with Crippen molar-refractivity contribution in [2.24, 2.45) is 0 Å². The first-order valence-electron chi connectivity index (χ1n) is 9.24. The van der Waals surface area contributed by atoms with Crippen LogP contribution in [0.3, 0.4) is 0 Å². The molecule has 1 unspecified atom stereocenters. The fourth-order valence-electron chi connectivity index (χ4n) is 3.07. The van der Waals surface area contributed by atoms with Gasteiger partial charge in [-0.1, -0.05) is 42.5 Å². The summed E-state index contributed by atoms with van der Waals surface area (Å²) in [6.45, 7) is 3.76. The highest BCUT2D eigenvalue weighted by atomic mass is 32.2. The minimum absolute atomic E-state index is 0.0579. The Kier molecular flexibility index (Phi) is 6.20. The second-order valence-corrected chi connectivity index (χ2v) is 8.73. The van der Waals surface area contributed by atoms with Gasteiger partial charge in [-0.05, 0) is 54.4 Å². The Labute approximate surface area is 170 Å². The van der Waals surface area contributed by atoms with Crippen molar-refractivity contribution < 1.29 is 23.1 Å². The predicted molar refractivity (Wildman–Crippen MR) is 111 cm³/mol. The molecule has 0 saturated heterocycles. The van der Waals surface area contributed by atoms with Crippen molar-refractivity contribution >= 4 is 26.8 Å². The number of sulfonamides is 1. The molecule has 1 atom stereocenters. The highest BCUT2D eigenvalue weighted by molar-refractivity contribution is 7.89. The highest BCUT2D eigenvalue weighted by Crippen LogP contribution is 2.26. The summed E-state index contributed by atoms with van der Waals surface area (Å²) in [4.78, 5) is 11.5. The molecule has 3 aromatic rings. The van der Waals surface area contributed by atoms with Gasteiger partial charge in [0.1, 0.15) is 5.75 Å². The monoisotopic (exact) mass is 413 g/mol. The van der Waals surface area contributed by atoms with Crippen LogP contribution in [-0.4, -0.2) is 25.6 Å². The number of fused-ring (bicyclic) bond motifs is 1. The third kappa shape index (κ3) is 5.34. The molecule has 0 radical (unpaired) electrons. The number of hydrogen-bond donors (Lipinski definition) is 2. The third-order valence-corrected chi connectivity index (χ3v) is 5.81. The standard InChI is InChI=1S/C22H23NO5S/c1-15(2)28-19-9-5-8-18(12-19)21(14-22(24)25)23-29(26,27)20-11-10-16-6-3-4-7-17(16)13-20/h3-13,15,21,23H,14H2,1-2H3,(H,24,25). The van der Waals surface area contributed by atoms with Crippen LogP contribution in [0.4, 0.5) is 0 Å². The van der Waals surface area contributed by atoms with Crippen LogP contribution in [0, 0.1) is 0 Å². The first-order valence-corrected chi connectivity index (χ1v) is 10.7. The zero-order valence-electron chi connectivity index (χ0n) is 16.2. The van der Waals surface area contributed by atoms with Crippen LogP contribution in [0.1, 0.15) is 31.9 Å². The topological polar surface area (TPSA) is 92.7 Å². The van der Waals surface area contributed by atoms with Gasteiger partial charge in [0.05, 0.1) is 23.5 Å². The number of ether oxygens (including phenoxy) is 1. The number of aliphatic carboxylic acids is 1. The summed E-state index contributed by atoms with van der Waals surface area (Å²) in [5, 5.41) is 11.0. The van der Waals surface area contributed by atoms with Crippen LogP contribution in [-0.2, 0) is 14.8 Å². The molecule has 0 aliphatic carbocycles. The van der Waals surface area contributed by atoms with E-state index in [0.717, 1.165) is 10.8 Å². The second-order valence-electron chi connectivity index (χ2n) is 7.02. The third-order valence-electron chi connectivity index (χ3n) is 4.34. The largest absolute Gasteiger partial charge is 0.491 e. The van der Waals surface area contributed by atoms with Crippen LogP contribution < -0.4 is 9.46 Å². The number of carboxylic acids is 1. The van der Waals surface area contributed by atoms with Gasteiger partial charge in [0, 0.05) is 0 Å². The summed E-state index contributed by atoms with van der Waals surface area (Å²) in [6, 6.07) is 18.1. The Balaban J connectivity index is 1.93. The quantitative estimate of drug-likeness (QED) is 0.579. The zero-order chi connectivity index (χ0) is 21.0. The molecule has 6 nitrogen and oxygen atoms in total. The molecule has 29 heavy (non-hydrogen) atoms. The summed E-state index contributed by atoms with van der Waals surface area (Å²) in [7, 11) is -3.93. The van der Waals surface area contributed by atoms with Gasteiger partial charge >= 0.3 is 5.97 Å². The smallest absolute Gasteiger partial charge is 0.305 e. The maximum atomic E-state index is 13.0. The second kappa shape index (κ2) is 8.63. The fraction of sp³-hybridized carbons (Fsp3) is 0.227. The number of hydrogen-bond acceptors (Lipinski definition) is 4. The van der Waals surface area contributed by atoms with Gasteiger partial charge in [-0.25, -0.2) is 13.1 Å². The molecule has 0 aliphatic heterocycles. The van der Waals surface area contributed by atoms with Crippen molar-refractivity contribution in [2.45, 2.75) is 37.3 Å². The predicted octanol–water partition coefficient (Wildman–Crippen LogP) is 4.12. The number of rotatable bonds is 8. The van der Waals surface area contributed by atoms with E-state index >= 15 is 0 Å². The number of carbonyl (C=O) groups is 1. The molecular weight excluding hydrogens is 390 g/mol. The van der Waals surface area contributed by atoms with E-state index in [1.165, 1.54) is 6.07 Å². The molecule has 152 valence electrons. The Morgan fingerprint density at radius 1 is 1.00 bits per heavy atom. The van der Waals surface area contributed by atoms with Crippen molar-refractivity contribution in [1.29, 1.82) is 0 Å². The lowest BCUT2D eigenvalue weighted by molar-refractivity contribution is -0.137. The van der Waals surface area contributed by atoms with E-state index < -0.39 is 28.5 Å². The van der Waals surface area contributed by atoms with E-state index in [9.17, 15) is 18.3 Å². The van der Waals surface area contributed by atoms with Crippen LogP contribution in [0.2, 0.25) is 0 Å². The Hall–Kier alpha value is -2.90. The van der Waals surface area contributed by atoms with E-state index in [2.05, 4.69) is 4.72 Å². The van der Waals surface area contributed by atoms with Crippen LogP contribution in [0.15, 0.2) is 71.6 Å². The van der Waals surface area contributed by atoms with Crippen LogP contribution in [0.5, 0.6) is 5.75 Å². The Morgan fingerprint density at radius 3 is 2.41 bits per heavy atom. The van der Waals surface area contributed by atoms with Crippen molar-refractivity contribution in [1.82, 2.24) is 4.72 Å². The van der Waals surface area contributed by atoms with Gasteiger partial charge in [0.15, 0.2) is 0 Å². The molecule has 7 heteroatoms. The lowest BCUT2D eigenvalue weighted by Crippen LogP contribution is -2.30. The summed E-state index contributed by atoms with van der Waals surface area (Å²) in [6.07, 6.45) is -0.449. The van der Waals surface area contributed by atoms with E-state index in [0.29, 0.717) is 11.3 Å². The number of benzene rings is 3. The van der Waals surface area contributed by atoms with Crippen LogP contribution >= 0.6 is 0 Å². The van der Waals surface area contributed by atoms with Crippen molar-refractivity contribution in [3.8, 4) is 5.75 Å². The molecule has 0 amide bonds. The molecule has 3 rings (SSSR count). The molecule has 0 aromatic heterocycles. The van der Waals surface area contributed by atoms with E-state index in [4.69, 9.17) is 4.74 Å². The zero-order valence-corrected chi connectivity index (χ0v) is 17.0. The SMILES string of the molecule is CC(C)Oc1cccc(C(CC(=O)O)NS(=O)(=O)c2ccc3ccccc3c2)c1. The maximum Gasteiger partial charge on any atom is 0.305 e. The van der Waals surface area contributed by atoms with Gasteiger partial charge in [0.25, 0.3) is 0 Å². The lowest BCUT2D eigenvalue weighted by atomic mass is 10.0. The highest BCUT2D eigenvalue weighted by Gasteiger charge is 2.24. The van der Waals surface area contributed by atoms with Crippen LogP contribution in [0.25, 0.3) is 10.8 Å². The Bertz CT molecular complexity index is 1120. The molecule has 0 aliphatic rings. The molecular formula is C22H23NO5S. The molecule has 3 aromatic carbocycles. The fourth-order valence-corrected chi connectivity index (χ4v) is 4.33. The summed E-state index contributed by atoms with van der Waals surface area (Å²) >= 11 is 0. The molecule has 2 N–H and O–H groups in total. The minimum atomic E-state index is -3.93. The first kappa shape index (κ1) is 20.8. The van der Waals surface area contributed by atoms with Gasteiger partial charge < -0.3 is 9.84 Å². The lowest BCUT2D eigenvalue weighted by Gasteiger charge is -2.19. The van der Waals surface area contributed by atoms with Crippen molar-refractivity contribution in [3.63, 3.8) is 0 Å². The van der Waals surface area contributed by atoms with E-state index in [-0.39, 0.29) is 11.0 Å². The number of carboxylic acid groups (broad SMARTS) is 1. The minimum Gasteiger partial charge on any atom is -0.491 e. The summed E-state index contributed by atoms with van der Waals surface area (Å²) in [5.41, 5.74) is 0.523. The molecule has 0 saturated carbocycles.